The number of hydrogen-bond acceptors (Lipinski definition) is 6. The van der Waals surface area contributed by atoms with E-state index in [0.717, 1.165) is 11.3 Å². The molecule has 0 unspecified atom stereocenters. The second-order valence-electron chi connectivity index (χ2n) is 6.02. The monoisotopic (exact) mass is 476 g/mol. The van der Waals surface area contributed by atoms with Crippen LogP contribution in [0.4, 0.5) is 5.69 Å². The summed E-state index contributed by atoms with van der Waals surface area (Å²) in [5.41, 5.74) is 2.56. The van der Waals surface area contributed by atoms with Crippen molar-refractivity contribution in [3.63, 3.8) is 0 Å². The summed E-state index contributed by atoms with van der Waals surface area (Å²) < 4.78 is 11.1. The largest absolute Gasteiger partial charge is 0.493 e. The van der Waals surface area contributed by atoms with Gasteiger partial charge in [-0.1, -0.05) is 33.6 Å². The minimum absolute atomic E-state index is 0.252. The van der Waals surface area contributed by atoms with Crippen molar-refractivity contribution in [3.05, 3.63) is 56.9 Å². The van der Waals surface area contributed by atoms with Crippen LogP contribution in [0.1, 0.15) is 11.1 Å². The molecule has 1 aliphatic rings. The van der Waals surface area contributed by atoms with Gasteiger partial charge in [0.1, 0.15) is 0 Å². The second kappa shape index (κ2) is 9.15. The summed E-state index contributed by atoms with van der Waals surface area (Å²) in [5.74, 6) is -0.695. The van der Waals surface area contributed by atoms with Gasteiger partial charge in [0, 0.05) is 4.47 Å². The number of hydrogen-bond donors (Lipinski definition) is 2. The van der Waals surface area contributed by atoms with E-state index in [4.69, 9.17) is 14.6 Å². The maximum atomic E-state index is 12.3. The number of carbonyl (C=O) groups is 2. The average Bonchev–Trinajstić information content (AvgIpc) is 3.02. The summed E-state index contributed by atoms with van der Waals surface area (Å²) in [6.07, 6.45) is 1.70. The number of amides is 1. The fourth-order valence-electron chi connectivity index (χ4n) is 2.43. The molecule has 2 N–H and O–H groups in total. The fourth-order valence-corrected chi connectivity index (χ4v) is 3.70. The van der Waals surface area contributed by atoms with Crippen molar-refractivity contribution in [1.29, 1.82) is 0 Å². The number of nitrogens with zero attached hydrogens (tertiary/aromatic N) is 1. The molecule has 1 heterocycles. The van der Waals surface area contributed by atoms with Gasteiger partial charge in [-0.2, -0.15) is 0 Å². The number of carboxylic acids is 1. The van der Waals surface area contributed by atoms with Gasteiger partial charge >= 0.3 is 5.97 Å². The number of carbonyl (C=O) groups excluding carboxylic acids is 1. The highest BCUT2D eigenvalue weighted by molar-refractivity contribution is 9.10. The number of nitrogens with one attached hydrogen (secondary N) is 1. The first kappa shape index (κ1) is 20.9. The van der Waals surface area contributed by atoms with E-state index in [1.165, 1.54) is 18.9 Å². The van der Waals surface area contributed by atoms with Crippen LogP contribution in [-0.4, -0.2) is 35.9 Å². The molecule has 0 bridgehead atoms. The van der Waals surface area contributed by atoms with E-state index in [1.54, 1.807) is 18.2 Å². The molecule has 1 fully saturated rings. The summed E-state index contributed by atoms with van der Waals surface area (Å²) in [7, 11) is 1.46. The lowest BCUT2D eigenvalue weighted by Crippen LogP contribution is -2.19. The Kier molecular flexibility index (Phi) is 6.60. The van der Waals surface area contributed by atoms with Crippen LogP contribution in [0.2, 0.25) is 0 Å². The molecule has 0 spiro atoms. The van der Waals surface area contributed by atoms with Crippen LogP contribution in [0.5, 0.6) is 11.5 Å². The molecule has 1 saturated heterocycles. The van der Waals surface area contributed by atoms with Crippen LogP contribution >= 0.6 is 27.7 Å². The quantitative estimate of drug-likeness (QED) is 0.608. The molecule has 1 aliphatic heterocycles. The van der Waals surface area contributed by atoms with E-state index in [2.05, 4.69) is 26.2 Å². The van der Waals surface area contributed by atoms with Crippen LogP contribution in [0.15, 0.2) is 50.8 Å². The smallest absolute Gasteiger partial charge is 0.341 e. The Balaban J connectivity index is 1.84. The summed E-state index contributed by atoms with van der Waals surface area (Å²) in [6, 6.07) is 10.9. The first-order chi connectivity index (χ1) is 13.9. The van der Waals surface area contributed by atoms with Crippen LogP contribution in [0.25, 0.3) is 6.08 Å². The molecule has 29 heavy (non-hydrogen) atoms. The van der Waals surface area contributed by atoms with Gasteiger partial charge in [-0.3, -0.25) is 4.79 Å². The summed E-state index contributed by atoms with van der Waals surface area (Å²) in [5, 5.41) is 12.0. The summed E-state index contributed by atoms with van der Waals surface area (Å²) in [6.45, 7) is 1.51. The number of thioether (sulfide) groups is 1. The van der Waals surface area contributed by atoms with Crippen molar-refractivity contribution in [3.8, 4) is 11.5 Å². The SMILES string of the molecule is COc1cc(/C=C2/SC(=Nc3ccc(C)cc3)NC2=O)c(Br)cc1OCC(=O)O. The molecule has 1 amide bonds. The third kappa shape index (κ3) is 5.39. The molecule has 150 valence electrons. The molecule has 0 saturated carbocycles. The molecule has 0 radical (unpaired) electrons. The van der Waals surface area contributed by atoms with Crippen molar-refractivity contribution in [2.45, 2.75) is 6.92 Å². The Morgan fingerprint density at radius 3 is 2.66 bits per heavy atom. The Hall–Kier alpha value is -2.78. The number of aliphatic carboxylic acids is 1. The minimum atomic E-state index is -1.09. The van der Waals surface area contributed by atoms with Crippen molar-refractivity contribution in [2.75, 3.05) is 13.7 Å². The Labute approximate surface area is 179 Å². The van der Waals surface area contributed by atoms with Gasteiger partial charge in [0.2, 0.25) is 0 Å². The van der Waals surface area contributed by atoms with E-state index in [-0.39, 0.29) is 11.7 Å². The number of halogens is 1. The second-order valence-corrected chi connectivity index (χ2v) is 7.91. The van der Waals surface area contributed by atoms with Gasteiger partial charge in [-0.05, 0) is 54.6 Å². The maximum Gasteiger partial charge on any atom is 0.341 e. The lowest BCUT2D eigenvalue weighted by Gasteiger charge is -2.11. The Morgan fingerprint density at radius 2 is 2.00 bits per heavy atom. The third-order valence-corrected chi connectivity index (χ3v) is 5.43. The number of aryl methyl sites for hydroxylation is 1. The van der Waals surface area contributed by atoms with Crippen LogP contribution in [-0.2, 0) is 9.59 Å². The van der Waals surface area contributed by atoms with E-state index in [9.17, 15) is 9.59 Å². The van der Waals surface area contributed by atoms with E-state index in [0.29, 0.717) is 25.9 Å². The van der Waals surface area contributed by atoms with Crippen molar-refractivity contribution < 1.29 is 24.2 Å². The average molecular weight is 477 g/mol. The first-order valence-corrected chi connectivity index (χ1v) is 10.0. The fraction of sp³-hybridized carbons (Fsp3) is 0.150. The topological polar surface area (TPSA) is 97.2 Å². The normalized spacial score (nSPS) is 16.2. The molecule has 0 aliphatic carbocycles. The van der Waals surface area contributed by atoms with E-state index in [1.807, 2.05) is 31.2 Å². The standard InChI is InChI=1S/C20H17BrN2O5S/c1-11-3-5-13(6-4-11)22-20-23-19(26)17(29-20)8-12-7-15(27-2)16(9-14(12)21)28-10-18(24)25/h3-9H,10H2,1-2H3,(H,24,25)(H,22,23,26)/b17-8+. The first-order valence-electron chi connectivity index (χ1n) is 8.44. The van der Waals surface area contributed by atoms with Gasteiger partial charge in [-0.25, -0.2) is 9.79 Å². The predicted molar refractivity (Wildman–Crippen MR) is 116 cm³/mol. The summed E-state index contributed by atoms with van der Waals surface area (Å²) >= 11 is 4.65. The Morgan fingerprint density at radius 1 is 1.28 bits per heavy atom. The molecule has 9 heteroatoms. The van der Waals surface area contributed by atoms with Gasteiger partial charge < -0.3 is 19.9 Å². The van der Waals surface area contributed by atoms with Crippen LogP contribution in [0.3, 0.4) is 0 Å². The highest BCUT2D eigenvalue weighted by atomic mass is 79.9. The van der Waals surface area contributed by atoms with Crippen molar-refractivity contribution in [1.82, 2.24) is 5.32 Å². The van der Waals surface area contributed by atoms with Crippen LogP contribution < -0.4 is 14.8 Å². The number of ether oxygens (including phenoxy) is 2. The predicted octanol–water partition coefficient (Wildman–Crippen LogP) is 4.12. The lowest BCUT2D eigenvalue weighted by molar-refractivity contribution is -0.139. The van der Waals surface area contributed by atoms with Gasteiger partial charge in [-0.15, -0.1) is 0 Å². The molecule has 0 aromatic heterocycles. The zero-order chi connectivity index (χ0) is 21.0. The van der Waals surface area contributed by atoms with Gasteiger partial charge in [0.05, 0.1) is 17.7 Å². The van der Waals surface area contributed by atoms with Gasteiger partial charge in [0.15, 0.2) is 23.3 Å². The minimum Gasteiger partial charge on any atom is -0.493 e. The van der Waals surface area contributed by atoms with E-state index < -0.39 is 12.6 Å². The molecular formula is C20H17BrN2O5S. The lowest BCUT2D eigenvalue weighted by atomic mass is 10.2. The molecule has 3 rings (SSSR count). The molecule has 0 atom stereocenters. The van der Waals surface area contributed by atoms with E-state index >= 15 is 0 Å². The number of rotatable bonds is 6. The zero-order valence-electron chi connectivity index (χ0n) is 15.6. The number of benzene rings is 2. The maximum absolute atomic E-state index is 12.3. The highest BCUT2D eigenvalue weighted by Crippen LogP contribution is 2.36. The number of carboxylic acid groups (broad SMARTS) is 1. The highest BCUT2D eigenvalue weighted by Gasteiger charge is 2.24. The van der Waals surface area contributed by atoms with Crippen molar-refractivity contribution in [2.24, 2.45) is 4.99 Å². The number of aliphatic imine (C=N–C) groups is 1. The Bertz CT molecular complexity index is 1020. The van der Waals surface area contributed by atoms with Crippen molar-refractivity contribution >= 4 is 56.5 Å². The third-order valence-electron chi connectivity index (χ3n) is 3.84. The number of amidine groups is 1. The molecule has 2 aromatic rings. The van der Waals surface area contributed by atoms with Gasteiger partial charge in [0.25, 0.3) is 5.91 Å². The zero-order valence-corrected chi connectivity index (χ0v) is 18.0. The number of methoxy groups -OCH3 is 1. The molecular weight excluding hydrogens is 460 g/mol. The summed E-state index contributed by atoms with van der Waals surface area (Å²) in [4.78, 5) is 28.0. The van der Waals surface area contributed by atoms with Crippen LogP contribution in [0, 0.1) is 6.92 Å². The molecule has 2 aromatic carbocycles. The molecule has 7 nitrogen and oxygen atoms in total.